The lowest BCUT2D eigenvalue weighted by atomic mass is 10.2. The average Bonchev–Trinajstić information content (AvgIpc) is 2.65. The number of hydrogen-bond donors (Lipinski definition) is 1. The third-order valence-corrected chi connectivity index (χ3v) is 6.10. The van der Waals surface area contributed by atoms with Gasteiger partial charge in [-0.2, -0.15) is 0 Å². The minimum atomic E-state index is -4.38. The number of sulfonamides is 1. The Morgan fingerprint density at radius 1 is 1.27 bits per heavy atom. The number of amides is 1. The van der Waals surface area contributed by atoms with Crippen molar-refractivity contribution in [2.24, 2.45) is 0 Å². The molecular formula is C19H22ClN3O6S. The molecule has 2 aromatic carbocycles. The lowest BCUT2D eigenvalue weighted by Crippen LogP contribution is -2.43. The van der Waals surface area contributed by atoms with Crippen LogP contribution >= 0.6 is 11.6 Å². The summed E-state index contributed by atoms with van der Waals surface area (Å²) in [6, 6.07) is 7.67. The Bertz CT molecular complexity index is 1070. The van der Waals surface area contributed by atoms with Crippen LogP contribution in [0, 0.1) is 17.0 Å². The van der Waals surface area contributed by atoms with Gasteiger partial charge in [0.1, 0.15) is 12.3 Å². The number of benzene rings is 2. The van der Waals surface area contributed by atoms with Gasteiger partial charge in [0.2, 0.25) is 5.91 Å². The second-order valence-corrected chi connectivity index (χ2v) is 9.05. The van der Waals surface area contributed by atoms with E-state index in [9.17, 15) is 23.3 Å². The third kappa shape index (κ3) is 5.19. The monoisotopic (exact) mass is 455 g/mol. The van der Waals surface area contributed by atoms with E-state index in [1.165, 1.54) is 44.4 Å². The number of carbonyl (C=O) groups excluding carboxylic acids is 1. The topological polar surface area (TPSA) is 119 Å². The number of rotatable bonds is 8. The Morgan fingerprint density at radius 2 is 1.93 bits per heavy atom. The van der Waals surface area contributed by atoms with Crippen LogP contribution in [0.5, 0.6) is 5.75 Å². The van der Waals surface area contributed by atoms with Gasteiger partial charge in [-0.1, -0.05) is 17.7 Å². The summed E-state index contributed by atoms with van der Waals surface area (Å²) in [5.74, 6) is -0.390. The van der Waals surface area contributed by atoms with E-state index in [4.69, 9.17) is 16.3 Å². The maximum absolute atomic E-state index is 13.4. The van der Waals surface area contributed by atoms with Crippen LogP contribution in [0.3, 0.4) is 0 Å². The fraction of sp³-hybridized carbons (Fsp3) is 0.316. The van der Waals surface area contributed by atoms with Crippen molar-refractivity contribution in [3.63, 3.8) is 0 Å². The zero-order valence-corrected chi connectivity index (χ0v) is 18.5. The van der Waals surface area contributed by atoms with Crippen molar-refractivity contribution in [2.75, 3.05) is 18.0 Å². The van der Waals surface area contributed by atoms with Crippen LogP contribution in [-0.4, -0.2) is 38.9 Å². The number of halogens is 1. The molecule has 0 bridgehead atoms. The Morgan fingerprint density at radius 3 is 2.50 bits per heavy atom. The van der Waals surface area contributed by atoms with Gasteiger partial charge >= 0.3 is 0 Å². The van der Waals surface area contributed by atoms with Crippen molar-refractivity contribution >= 4 is 38.9 Å². The number of nitrogens with one attached hydrogen (secondary N) is 1. The first-order valence-electron chi connectivity index (χ1n) is 8.88. The Kier molecular flexibility index (Phi) is 7.27. The van der Waals surface area contributed by atoms with Gasteiger partial charge < -0.3 is 10.1 Å². The van der Waals surface area contributed by atoms with Gasteiger partial charge in [-0.05, 0) is 45.0 Å². The van der Waals surface area contributed by atoms with E-state index >= 15 is 0 Å². The number of nitro groups is 1. The molecule has 30 heavy (non-hydrogen) atoms. The van der Waals surface area contributed by atoms with Crippen LogP contribution in [-0.2, 0) is 14.8 Å². The molecule has 0 heterocycles. The number of nitrogens with zero attached hydrogens (tertiary/aromatic N) is 2. The number of ether oxygens (including phenoxy) is 1. The molecule has 0 saturated heterocycles. The van der Waals surface area contributed by atoms with Gasteiger partial charge in [-0.15, -0.1) is 0 Å². The summed E-state index contributed by atoms with van der Waals surface area (Å²) in [6.45, 7) is 4.40. The Labute approximate surface area is 179 Å². The van der Waals surface area contributed by atoms with Gasteiger partial charge in [0.25, 0.3) is 15.7 Å². The molecule has 0 aliphatic heterocycles. The van der Waals surface area contributed by atoms with Crippen molar-refractivity contribution in [1.29, 1.82) is 0 Å². The predicted octanol–water partition coefficient (Wildman–Crippen LogP) is 3.29. The summed E-state index contributed by atoms with van der Waals surface area (Å²) in [6.07, 6.45) is 0. The van der Waals surface area contributed by atoms with Gasteiger partial charge in [-0.3, -0.25) is 19.2 Å². The Hall–Kier alpha value is -2.85. The number of methoxy groups -OCH3 is 1. The van der Waals surface area contributed by atoms with Gasteiger partial charge in [0.15, 0.2) is 0 Å². The summed E-state index contributed by atoms with van der Waals surface area (Å²) in [7, 11) is -3.03. The SMILES string of the molecule is COc1ccc(Cl)cc1N(CC(=O)NC(C)C)S(=O)(=O)c1ccc(C)c([N+](=O)[O-])c1. The number of carbonyl (C=O) groups is 1. The number of anilines is 1. The van der Waals surface area contributed by atoms with Crippen LogP contribution in [0.2, 0.25) is 5.02 Å². The van der Waals surface area contributed by atoms with Crippen molar-refractivity contribution in [3.8, 4) is 5.75 Å². The highest BCUT2D eigenvalue weighted by Gasteiger charge is 2.31. The first-order chi connectivity index (χ1) is 14.0. The van der Waals surface area contributed by atoms with Gasteiger partial charge in [-0.25, -0.2) is 8.42 Å². The van der Waals surface area contributed by atoms with E-state index in [0.29, 0.717) is 5.56 Å². The summed E-state index contributed by atoms with van der Waals surface area (Å²) < 4.78 is 33.0. The number of hydrogen-bond acceptors (Lipinski definition) is 6. The molecule has 0 fully saturated rings. The molecular weight excluding hydrogens is 434 g/mol. The molecule has 162 valence electrons. The van der Waals surface area contributed by atoms with Gasteiger partial charge in [0.05, 0.1) is 22.6 Å². The molecule has 2 rings (SSSR count). The van der Waals surface area contributed by atoms with Crippen molar-refractivity contribution < 1.29 is 22.9 Å². The number of nitro benzene ring substituents is 1. The highest BCUT2D eigenvalue weighted by Crippen LogP contribution is 2.35. The normalized spacial score (nSPS) is 11.3. The smallest absolute Gasteiger partial charge is 0.273 e. The fourth-order valence-corrected chi connectivity index (χ4v) is 4.34. The average molecular weight is 456 g/mol. The molecule has 2 aromatic rings. The van der Waals surface area contributed by atoms with E-state index in [-0.39, 0.29) is 33.1 Å². The Balaban J connectivity index is 2.67. The van der Waals surface area contributed by atoms with Crippen LogP contribution in [0.4, 0.5) is 11.4 Å². The van der Waals surface area contributed by atoms with Crippen molar-refractivity contribution in [3.05, 3.63) is 57.1 Å². The molecule has 9 nitrogen and oxygen atoms in total. The molecule has 1 N–H and O–H groups in total. The van der Waals surface area contributed by atoms with Crippen LogP contribution < -0.4 is 14.4 Å². The lowest BCUT2D eigenvalue weighted by Gasteiger charge is -2.26. The van der Waals surface area contributed by atoms with E-state index in [2.05, 4.69) is 5.32 Å². The maximum atomic E-state index is 13.4. The minimum absolute atomic E-state index is 0.0344. The molecule has 0 aromatic heterocycles. The molecule has 0 aliphatic rings. The largest absolute Gasteiger partial charge is 0.495 e. The van der Waals surface area contributed by atoms with E-state index in [1.54, 1.807) is 13.8 Å². The zero-order chi connectivity index (χ0) is 22.6. The van der Waals surface area contributed by atoms with E-state index in [0.717, 1.165) is 10.4 Å². The fourth-order valence-electron chi connectivity index (χ4n) is 2.73. The molecule has 0 atom stereocenters. The maximum Gasteiger partial charge on any atom is 0.273 e. The standard InChI is InChI=1S/C19H22ClN3O6S/c1-12(2)21-19(24)11-22(17-9-14(20)6-8-18(17)29-4)30(27,28)15-7-5-13(3)16(10-15)23(25)26/h5-10,12H,11H2,1-4H3,(H,21,24). The highest BCUT2D eigenvalue weighted by molar-refractivity contribution is 7.92. The van der Waals surface area contributed by atoms with Gasteiger partial charge in [0, 0.05) is 22.7 Å². The summed E-state index contributed by atoms with van der Waals surface area (Å²) in [5, 5.41) is 14.1. The quantitative estimate of drug-likeness (QED) is 0.482. The zero-order valence-electron chi connectivity index (χ0n) is 16.9. The second-order valence-electron chi connectivity index (χ2n) is 6.76. The predicted molar refractivity (Wildman–Crippen MR) is 114 cm³/mol. The molecule has 0 saturated carbocycles. The first kappa shape index (κ1) is 23.4. The second kappa shape index (κ2) is 9.31. The minimum Gasteiger partial charge on any atom is -0.495 e. The number of aryl methyl sites for hydroxylation is 1. The molecule has 11 heteroatoms. The third-order valence-electron chi connectivity index (χ3n) is 4.11. The highest BCUT2D eigenvalue weighted by atomic mass is 35.5. The van der Waals surface area contributed by atoms with E-state index in [1.807, 2.05) is 0 Å². The molecule has 0 unspecified atom stereocenters. The summed E-state index contributed by atoms with van der Waals surface area (Å²) in [4.78, 5) is 22.7. The lowest BCUT2D eigenvalue weighted by molar-refractivity contribution is -0.385. The van der Waals surface area contributed by atoms with Crippen LogP contribution in [0.1, 0.15) is 19.4 Å². The first-order valence-corrected chi connectivity index (χ1v) is 10.7. The van der Waals surface area contributed by atoms with Crippen molar-refractivity contribution in [2.45, 2.75) is 31.7 Å². The van der Waals surface area contributed by atoms with Crippen LogP contribution in [0.15, 0.2) is 41.3 Å². The van der Waals surface area contributed by atoms with E-state index < -0.39 is 27.4 Å². The molecule has 0 radical (unpaired) electrons. The summed E-state index contributed by atoms with van der Waals surface area (Å²) in [5.41, 5.74) is -0.00348. The molecule has 0 aliphatic carbocycles. The van der Waals surface area contributed by atoms with Crippen LogP contribution in [0.25, 0.3) is 0 Å². The summed E-state index contributed by atoms with van der Waals surface area (Å²) >= 11 is 6.06. The van der Waals surface area contributed by atoms with Crippen molar-refractivity contribution in [1.82, 2.24) is 5.32 Å². The molecule has 1 amide bonds. The molecule has 0 spiro atoms.